The van der Waals surface area contributed by atoms with E-state index < -0.39 is 0 Å². The van der Waals surface area contributed by atoms with E-state index >= 15 is 0 Å². The Morgan fingerprint density at radius 2 is 0.600 bits per heavy atom. The van der Waals surface area contributed by atoms with E-state index in [4.69, 9.17) is 0 Å². The van der Waals surface area contributed by atoms with Crippen molar-refractivity contribution in [1.82, 2.24) is 0 Å². The van der Waals surface area contributed by atoms with Gasteiger partial charge in [-0.25, -0.2) is 0 Å². The average molecular weight is 911 g/mol. The number of rotatable bonds is 13. The van der Waals surface area contributed by atoms with Gasteiger partial charge in [0.15, 0.2) is 0 Å². The van der Waals surface area contributed by atoms with E-state index in [1.807, 2.05) is 0 Å². The van der Waals surface area contributed by atoms with Crippen molar-refractivity contribution in [2.24, 2.45) is 0 Å². The molecule has 2 aliphatic rings. The van der Waals surface area contributed by atoms with Crippen molar-refractivity contribution < 1.29 is 0 Å². The van der Waals surface area contributed by atoms with Crippen molar-refractivity contribution >= 4 is 51.2 Å². The van der Waals surface area contributed by atoms with Crippen LogP contribution in [0.5, 0.6) is 0 Å². The van der Waals surface area contributed by atoms with Crippen LogP contribution in [-0.2, 0) is 0 Å². The monoisotopic (exact) mass is 910 g/mol. The Labute approximate surface area is 416 Å². The van der Waals surface area contributed by atoms with Crippen LogP contribution in [0.1, 0.15) is 54.0 Å². The minimum Gasteiger partial charge on any atom is -0.338 e. The summed E-state index contributed by atoms with van der Waals surface area (Å²) in [7, 11) is 0. The first-order valence-corrected chi connectivity index (χ1v) is 24.7. The summed E-state index contributed by atoms with van der Waals surface area (Å²) in [4.78, 5) is 9.66. The number of nitrogens with zero attached hydrogens (tertiary/aromatic N) is 4. The number of benzene rings is 8. The molecule has 0 heterocycles. The molecule has 0 radical (unpaired) electrons. The molecule has 8 aromatic carbocycles. The predicted octanol–water partition coefficient (Wildman–Crippen LogP) is 18.3. The molecular formula is C66H62N4. The molecule has 0 bridgehead atoms. The lowest BCUT2D eigenvalue weighted by atomic mass is 9.97. The fraction of sp³-hybridized carbons (Fsp3) is 0.152. The van der Waals surface area contributed by atoms with Gasteiger partial charge in [-0.05, 0) is 193 Å². The summed E-state index contributed by atoms with van der Waals surface area (Å²) >= 11 is 0. The van der Waals surface area contributed by atoms with Gasteiger partial charge in [-0.15, -0.1) is 0 Å². The molecule has 70 heavy (non-hydrogen) atoms. The molecule has 346 valence electrons. The van der Waals surface area contributed by atoms with Crippen LogP contribution in [0.25, 0.3) is 11.1 Å². The van der Waals surface area contributed by atoms with Crippen molar-refractivity contribution in [3.8, 4) is 11.1 Å². The van der Waals surface area contributed by atoms with E-state index in [0.717, 1.165) is 59.1 Å². The van der Waals surface area contributed by atoms with Crippen molar-refractivity contribution in [1.29, 1.82) is 0 Å². The molecule has 2 aliphatic carbocycles. The van der Waals surface area contributed by atoms with Gasteiger partial charge in [-0.3, -0.25) is 0 Å². The summed E-state index contributed by atoms with van der Waals surface area (Å²) in [6.45, 7) is 12.9. The van der Waals surface area contributed by atoms with Crippen LogP contribution in [0.4, 0.5) is 51.2 Å². The summed E-state index contributed by atoms with van der Waals surface area (Å²) < 4.78 is 0. The first kappa shape index (κ1) is 45.7. The fourth-order valence-electron chi connectivity index (χ4n) is 9.69. The molecular weight excluding hydrogens is 849 g/mol. The summed E-state index contributed by atoms with van der Waals surface area (Å²) in [6.07, 6.45) is 14.6. The number of anilines is 9. The molecule has 1 atom stereocenters. The van der Waals surface area contributed by atoms with E-state index in [2.05, 4.69) is 286 Å². The zero-order chi connectivity index (χ0) is 48.1. The quantitative estimate of drug-likeness (QED) is 0.114. The van der Waals surface area contributed by atoms with Crippen molar-refractivity contribution in [2.45, 2.75) is 66.8 Å². The molecule has 0 aromatic heterocycles. The highest BCUT2D eigenvalue weighted by Crippen LogP contribution is 2.42. The lowest BCUT2D eigenvalue weighted by Crippen LogP contribution is -2.34. The van der Waals surface area contributed by atoms with Crippen LogP contribution in [0.2, 0.25) is 0 Å². The van der Waals surface area contributed by atoms with Crippen molar-refractivity contribution in [2.75, 3.05) is 19.6 Å². The van der Waals surface area contributed by atoms with Gasteiger partial charge in [0.25, 0.3) is 0 Å². The molecule has 0 fully saturated rings. The largest absolute Gasteiger partial charge is 0.338 e. The van der Waals surface area contributed by atoms with Gasteiger partial charge in [-0.2, -0.15) is 0 Å². The van der Waals surface area contributed by atoms with Gasteiger partial charge in [0.2, 0.25) is 0 Å². The fourth-order valence-corrected chi connectivity index (χ4v) is 9.69. The predicted molar refractivity (Wildman–Crippen MR) is 299 cm³/mol. The highest BCUT2D eigenvalue weighted by atomic mass is 15.2. The summed E-state index contributed by atoms with van der Waals surface area (Å²) in [5.74, 6) is 0. The van der Waals surface area contributed by atoms with E-state index in [0.29, 0.717) is 0 Å². The van der Waals surface area contributed by atoms with Gasteiger partial charge in [0, 0.05) is 62.6 Å². The molecule has 4 nitrogen and oxygen atoms in total. The smallest absolute Gasteiger partial charge is 0.0556 e. The van der Waals surface area contributed by atoms with Crippen LogP contribution in [-0.4, -0.2) is 6.04 Å². The van der Waals surface area contributed by atoms with E-state index in [1.165, 1.54) is 67.3 Å². The minimum absolute atomic E-state index is 0.283. The van der Waals surface area contributed by atoms with Gasteiger partial charge >= 0.3 is 0 Å². The third-order valence-electron chi connectivity index (χ3n) is 13.7. The number of aryl methyl sites for hydroxylation is 5. The maximum absolute atomic E-state index is 2.55. The zero-order valence-corrected chi connectivity index (χ0v) is 41.3. The van der Waals surface area contributed by atoms with Gasteiger partial charge in [0.1, 0.15) is 0 Å². The molecule has 0 N–H and O–H groups in total. The third kappa shape index (κ3) is 10.0. The second-order valence-electron chi connectivity index (χ2n) is 19.1. The Hall–Kier alpha value is -8.08. The van der Waals surface area contributed by atoms with Crippen LogP contribution in [0, 0.1) is 34.6 Å². The molecule has 0 spiro atoms. The summed E-state index contributed by atoms with van der Waals surface area (Å²) in [5.41, 5.74) is 22.8. The van der Waals surface area contributed by atoms with Crippen LogP contribution in [0.15, 0.2) is 241 Å². The Morgan fingerprint density at radius 3 is 0.914 bits per heavy atom. The van der Waals surface area contributed by atoms with Crippen LogP contribution < -0.4 is 19.6 Å². The third-order valence-corrected chi connectivity index (χ3v) is 13.7. The van der Waals surface area contributed by atoms with Crippen molar-refractivity contribution in [3.63, 3.8) is 0 Å². The lowest BCUT2D eigenvalue weighted by molar-refractivity contribution is 0.708. The first-order chi connectivity index (χ1) is 34.1. The van der Waals surface area contributed by atoms with Gasteiger partial charge < -0.3 is 19.6 Å². The standard InChI is InChI=1S/C66H62N4/c1-47-7-23-55(24-8-47)67(56-25-9-48(2)10-26-56)63-39-43-65(44-40-63)69(59-31-15-51(5)16-32-59)61-35-19-53(20-36-61)54-21-37-62(38-22-54)70(60-33-17-52(6)18-34-60)66-45-41-64(42-46-66)68(57-27-11-49(3)12-28-57)58-29-13-50(4)14-30-58/h7-29,31-41,43-45,58H,30,42,46H2,1-6H3. The minimum atomic E-state index is 0.283. The van der Waals surface area contributed by atoms with E-state index in [9.17, 15) is 0 Å². The highest BCUT2D eigenvalue weighted by Gasteiger charge is 2.25. The average Bonchev–Trinajstić information content (AvgIpc) is 3.39. The van der Waals surface area contributed by atoms with Crippen LogP contribution >= 0.6 is 0 Å². The van der Waals surface area contributed by atoms with E-state index in [-0.39, 0.29) is 6.04 Å². The first-order valence-electron chi connectivity index (χ1n) is 24.7. The van der Waals surface area contributed by atoms with E-state index in [1.54, 1.807) is 0 Å². The molecule has 10 rings (SSSR count). The molecule has 8 aromatic rings. The molecule has 1 unspecified atom stereocenters. The Morgan fingerprint density at radius 1 is 0.314 bits per heavy atom. The SMILES string of the molecule is CC1=CCC(N(C2=CC=C(N(c3ccc(C)cc3)c3ccc(-c4ccc(N(c5ccc(C)cc5)c5ccc(N(c6ccc(C)cc6)c6ccc(C)cc6)cc5)cc4)cc3)CC2)c2ccc(C)cc2)C=C1. The lowest BCUT2D eigenvalue weighted by Gasteiger charge is -2.37. The van der Waals surface area contributed by atoms with Crippen molar-refractivity contribution in [3.05, 3.63) is 269 Å². The number of hydrogen-bond acceptors (Lipinski definition) is 4. The number of hydrogen-bond donors (Lipinski definition) is 0. The summed E-state index contributed by atoms with van der Waals surface area (Å²) in [6, 6.07) is 71.6. The number of allylic oxidation sites excluding steroid dienone is 6. The molecule has 0 aliphatic heterocycles. The van der Waals surface area contributed by atoms with Crippen LogP contribution in [0.3, 0.4) is 0 Å². The maximum Gasteiger partial charge on any atom is 0.0556 e. The molecule has 0 saturated carbocycles. The van der Waals surface area contributed by atoms with Gasteiger partial charge in [0.05, 0.1) is 6.04 Å². The zero-order valence-electron chi connectivity index (χ0n) is 41.3. The maximum atomic E-state index is 2.55. The topological polar surface area (TPSA) is 13.0 Å². The Balaban J connectivity index is 0.936. The highest BCUT2D eigenvalue weighted by molar-refractivity contribution is 5.82. The normalized spacial score (nSPS) is 14.3. The molecule has 0 amide bonds. The second kappa shape index (κ2) is 20.3. The Kier molecular flexibility index (Phi) is 13.2. The van der Waals surface area contributed by atoms with Gasteiger partial charge in [-0.1, -0.05) is 137 Å². The molecule has 0 saturated heterocycles. The Bertz CT molecular complexity index is 3130. The molecule has 4 heteroatoms. The second-order valence-corrected chi connectivity index (χ2v) is 19.1. The summed E-state index contributed by atoms with van der Waals surface area (Å²) in [5, 5.41) is 0.